The van der Waals surface area contributed by atoms with E-state index >= 15 is 0 Å². The van der Waals surface area contributed by atoms with Crippen molar-refractivity contribution in [2.45, 2.75) is 85.3 Å². The van der Waals surface area contributed by atoms with Crippen LogP contribution < -0.4 is 5.32 Å². The van der Waals surface area contributed by atoms with Crippen molar-refractivity contribution in [1.82, 2.24) is 5.32 Å². The summed E-state index contributed by atoms with van der Waals surface area (Å²) < 4.78 is 24.1. The Kier molecular flexibility index (Phi) is 10.4. The zero-order valence-corrected chi connectivity index (χ0v) is 19.7. The van der Waals surface area contributed by atoms with E-state index in [1.165, 1.54) is 0 Å². The molecule has 2 N–H and O–H groups in total. The fourth-order valence-corrected chi connectivity index (χ4v) is 4.46. The normalized spacial score (nSPS) is 27.5. The lowest BCUT2D eigenvalue weighted by molar-refractivity contribution is -0.143. The highest BCUT2D eigenvalue weighted by molar-refractivity contribution is 6.27. The topological polar surface area (TPSA) is 77.0 Å². The van der Waals surface area contributed by atoms with Gasteiger partial charge in [0.15, 0.2) is 6.29 Å². The van der Waals surface area contributed by atoms with Crippen molar-refractivity contribution in [3.8, 4) is 0 Å². The Morgan fingerprint density at radius 1 is 1.29 bits per heavy atom. The highest BCUT2D eigenvalue weighted by atomic mass is 28.2. The Bertz CT molecular complexity index is 480. The third kappa shape index (κ3) is 7.75. The minimum Gasteiger partial charge on any atom is -0.412 e. The summed E-state index contributed by atoms with van der Waals surface area (Å²) >= 11 is 0. The fraction of sp³-hybridized carbons (Fsp3) is 0.952. The van der Waals surface area contributed by atoms with Crippen LogP contribution in [0.4, 0.5) is 0 Å². The summed E-state index contributed by atoms with van der Waals surface area (Å²) in [5.41, 5.74) is -0.155. The van der Waals surface area contributed by atoms with Crippen LogP contribution in [0.25, 0.3) is 0 Å². The van der Waals surface area contributed by atoms with Gasteiger partial charge < -0.3 is 24.3 Å². The smallest absolute Gasteiger partial charge is 0.246 e. The first-order valence-electron chi connectivity index (χ1n) is 11.1. The molecule has 28 heavy (non-hydrogen) atoms. The van der Waals surface area contributed by atoms with Gasteiger partial charge in [-0.1, -0.05) is 41.5 Å². The van der Waals surface area contributed by atoms with Crippen LogP contribution in [-0.2, 0) is 18.7 Å². The molecule has 0 bridgehead atoms. The first-order valence-corrected chi connectivity index (χ1v) is 11.7. The highest BCUT2D eigenvalue weighted by Crippen LogP contribution is 2.38. The van der Waals surface area contributed by atoms with Gasteiger partial charge in [-0.3, -0.25) is 4.79 Å². The predicted octanol–water partition coefficient (Wildman–Crippen LogP) is 3.01. The summed E-state index contributed by atoms with van der Waals surface area (Å²) in [6.45, 7) is 15.5. The Morgan fingerprint density at radius 2 is 1.89 bits per heavy atom. The molecular weight excluding hydrogens is 374 g/mol. The number of hydrogen-bond donors (Lipinski definition) is 2. The molecule has 6 nitrogen and oxygen atoms in total. The monoisotopic (exact) mass is 417 g/mol. The van der Waals surface area contributed by atoms with Crippen LogP contribution >= 0.6 is 0 Å². The molecule has 1 heterocycles. The molecule has 1 saturated heterocycles. The molecule has 5 unspecified atom stereocenters. The van der Waals surface area contributed by atoms with Crippen LogP contribution in [0.1, 0.15) is 62.7 Å². The lowest BCUT2D eigenvalue weighted by Crippen LogP contribution is -2.47. The van der Waals surface area contributed by atoms with Crippen molar-refractivity contribution < 1.29 is 25.2 Å². The standard InChI is InChI=1S/C21H41NO5Si/c1-14(2)16(5)21(7,17(6)15(3)4)27-28-12-8-10-22-19(23)13-26-18-9-11-25-20(18)24/h14-18,20,24H,8-13H2,1-7H3,(H,22,23)/i11T. The van der Waals surface area contributed by atoms with E-state index in [0.29, 0.717) is 40.0 Å². The highest BCUT2D eigenvalue weighted by Gasteiger charge is 2.40. The minimum atomic E-state index is -1.13. The first-order chi connectivity index (χ1) is 13.5. The van der Waals surface area contributed by atoms with Crippen molar-refractivity contribution >= 4 is 15.7 Å². The number of hydrogen-bond acceptors (Lipinski definition) is 5. The molecule has 1 aliphatic heterocycles. The van der Waals surface area contributed by atoms with Crippen molar-refractivity contribution in [3.63, 3.8) is 0 Å². The molecule has 1 aliphatic rings. The first kappa shape index (κ1) is 23.8. The summed E-state index contributed by atoms with van der Waals surface area (Å²) in [6, 6.07) is 0.905. The van der Waals surface area contributed by atoms with Gasteiger partial charge >= 0.3 is 0 Å². The maximum absolute atomic E-state index is 11.9. The van der Waals surface area contributed by atoms with Gasteiger partial charge in [0.1, 0.15) is 12.7 Å². The van der Waals surface area contributed by atoms with Crippen molar-refractivity contribution in [1.29, 1.82) is 0 Å². The van der Waals surface area contributed by atoms with E-state index in [2.05, 4.69) is 53.8 Å². The molecule has 7 heteroatoms. The van der Waals surface area contributed by atoms with Gasteiger partial charge in [0.05, 0.1) is 13.6 Å². The Labute approximate surface area is 175 Å². The molecule has 1 fully saturated rings. The molecule has 0 aliphatic carbocycles. The Hall–Kier alpha value is -0.473. The average molecular weight is 418 g/mol. The van der Waals surface area contributed by atoms with Crippen LogP contribution in [0.15, 0.2) is 0 Å². The lowest BCUT2D eigenvalue weighted by Gasteiger charge is -2.45. The molecule has 1 rings (SSSR count). The van der Waals surface area contributed by atoms with E-state index < -0.39 is 19.0 Å². The summed E-state index contributed by atoms with van der Waals surface area (Å²) in [4.78, 5) is 11.9. The summed E-state index contributed by atoms with van der Waals surface area (Å²) in [7, 11) is 0.404. The molecule has 0 aromatic rings. The molecule has 1 amide bonds. The number of ether oxygens (including phenoxy) is 2. The zero-order chi connectivity index (χ0) is 22.2. The number of carbonyl (C=O) groups excluding carboxylic acids is 1. The van der Waals surface area contributed by atoms with Gasteiger partial charge in [-0.15, -0.1) is 0 Å². The van der Waals surface area contributed by atoms with Crippen molar-refractivity contribution in [2.75, 3.05) is 19.7 Å². The number of amides is 1. The van der Waals surface area contributed by atoms with E-state index in [1.807, 2.05) is 0 Å². The summed E-state index contributed by atoms with van der Waals surface area (Å²) in [6.07, 6.45) is -0.618. The van der Waals surface area contributed by atoms with Crippen molar-refractivity contribution in [2.24, 2.45) is 23.7 Å². The molecule has 0 saturated carbocycles. The van der Waals surface area contributed by atoms with E-state index in [4.69, 9.17) is 15.3 Å². The van der Waals surface area contributed by atoms with Gasteiger partial charge in [-0.2, -0.15) is 0 Å². The number of aliphatic hydroxyl groups is 1. The van der Waals surface area contributed by atoms with Crippen molar-refractivity contribution in [3.05, 3.63) is 0 Å². The Balaban J connectivity index is 2.27. The second kappa shape index (κ2) is 12.3. The van der Waals surface area contributed by atoms with Crippen LogP contribution in [0.3, 0.4) is 0 Å². The molecule has 2 radical (unpaired) electrons. The molecule has 164 valence electrons. The molecule has 0 aromatic heterocycles. The number of aliphatic hydroxyl groups excluding tert-OH is 1. The lowest BCUT2D eigenvalue weighted by atomic mass is 9.71. The van der Waals surface area contributed by atoms with E-state index in [-0.39, 0.29) is 24.5 Å². The minimum absolute atomic E-state index is 0.132. The van der Waals surface area contributed by atoms with Gasteiger partial charge in [-0.25, -0.2) is 0 Å². The average Bonchev–Trinajstić information content (AvgIpc) is 2.98. The number of nitrogens with one attached hydrogen (secondary N) is 1. The Morgan fingerprint density at radius 3 is 2.39 bits per heavy atom. The summed E-state index contributed by atoms with van der Waals surface area (Å²) in [5.74, 6) is 1.81. The van der Waals surface area contributed by atoms with Crippen LogP contribution in [0.5, 0.6) is 0 Å². The fourth-order valence-electron chi connectivity index (χ4n) is 3.36. The van der Waals surface area contributed by atoms with E-state index in [0.717, 1.165) is 12.5 Å². The number of rotatable bonds is 13. The predicted molar refractivity (Wildman–Crippen MR) is 112 cm³/mol. The maximum atomic E-state index is 11.9. The van der Waals surface area contributed by atoms with Crippen LogP contribution in [0.2, 0.25) is 6.04 Å². The molecule has 0 spiro atoms. The maximum Gasteiger partial charge on any atom is 0.246 e. The van der Waals surface area contributed by atoms with Gasteiger partial charge in [0.25, 0.3) is 0 Å². The van der Waals surface area contributed by atoms with Gasteiger partial charge in [0.2, 0.25) is 15.7 Å². The van der Waals surface area contributed by atoms with Gasteiger partial charge in [0, 0.05) is 13.0 Å². The summed E-state index contributed by atoms with van der Waals surface area (Å²) in [5, 5.41) is 12.4. The van der Waals surface area contributed by atoms with E-state index in [9.17, 15) is 9.90 Å². The zero-order valence-electron chi connectivity index (χ0n) is 19.7. The number of carbonyl (C=O) groups is 1. The molecule has 5 atom stereocenters. The SMILES string of the molecule is [3H]C1CC(OCC(=O)NCCC[Si]OC(C)(C(C)C(C)C)C(C)C(C)C)C(O)O1. The largest absolute Gasteiger partial charge is 0.412 e. The van der Waals surface area contributed by atoms with Crippen LogP contribution in [0, 0.1) is 23.7 Å². The molecular formula is C21H41NO5Si. The van der Waals surface area contributed by atoms with Crippen LogP contribution in [-0.4, -0.2) is 58.5 Å². The second-order valence-corrected chi connectivity index (χ2v) is 9.72. The van der Waals surface area contributed by atoms with E-state index in [1.54, 1.807) is 0 Å². The third-order valence-corrected chi connectivity index (χ3v) is 7.33. The second-order valence-electron chi connectivity index (χ2n) is 8.73. The molecule has 0 aromatic carbocycles. The quantitative estimate of drug-likeness (QED) is 0.356. The third-order valence-electron chi connectivity index (χ3n) is 6.19. The van der Waals surface area contributed by atoms with Gasteiger partial charge in [-0.05, 0) is 43.1 Å².